The van der Waals surface area contributed by atoms with Crippen molar-refractivity contribution in [1.82, 2.24) is 4.98 Å². The standard InChI is InChI=1S/C10H7Br2NO.C2H6/c1-5-2-3-6-7(11)4-8(12)10(14)9(6)13-5;1-2/h2-4,14H,1H3;1-2H3. The van der Waals surface area contributed by atoms with Gasteiger partial charge in [-0.15, -0.1) is 0 Å². The van der Waals surface area contributed by atoms with Crippen molar-refractivity contribution >= 4 is 42.8 Å². The van der Waals surface area contributed by atoms with Crippen molar-refractivity contribution in [3.8, 4) is 5.75 Å². The van der Waals surface area contributed by atoms with E-state index in [2.05, 4.69) is 36.8 Å². The summed E-state index contributed by atoms with van der Waals surface area (Å²) in [5.74, 6) is 0.187. The Morgan fingerprint density at radius 1 is 1.12 bits per heavy atom. The van der Waals surface area contributed by atoms with Gasteiger partial charge in [0, 0.05) is 15.6 Å². The summed E-state index contributed by atoms with van der Waals surface area (Å²) in [6.07, 6.45) is 0. The molecule has 0 bridgehead atoms. The lowest BCUT2D eigenvalue weighted by molar-refractivity contribution is 0.477. The van der Waals surface area contributed by atoms with Crippen LogP contribution in [-0.4, -0.2) is 10.1 Å². The van der Waals surface area contributed by atoms with Gasteiger partial charge in [-0.1, -0.05) is 29.8 Å². The molecule has 0 radical (unpaired) electrons. The van der Waals surface area contributed by atoms with Crippen molar-refractivity contribution in [3.63, 3.8) is 0 Å². The van der Waals surface area contributed by atoms with E-state index in [4.69, 9.17) is 0 Å². The molecule has 2 aromatic rings. The van der Waals surface area contributed by atoms with Crippen LogP contribution in [0.25, 0.3) is 10.9 Å². The molecule has 0 spiro atoms. The Kier molecular flexibility index (Phi) is 4.74. The summed E-state index contributed by atoms with van der Waals surface area (Å²) in [6, 6.07) is 5.67. The van der Waals surface area contributed by atoms with Gasteiger partial charge in [-0.3, -0.25) is 0 Å². The van der Waals surface area contributed by atoms with E-state index in [9.17, 15) is 5.11 Å². The molecule has 0 aliphatic carbocycles. The SMILES string of the molecule is CC.Cc1ccc2c(Br)cc(Br)c(O)c2n1. The number of phenolic OH excluding ortho intramolecular Hbond substituents is 1. The second-order valence-corrected chi connectivity index (χ2v) is 4.75. The molecule has 0 fully saturated rings. The van der Waals surface area contributed by atoms with E-state index in [-0.39, 0.29) is 5.75 Å². The molecule has 1 aromatic carbocycles. The molecule has 1 heterocycles. The van der Waals surface area contributed by atoms with Gasteiger partial charge in [0.05, 0.1) is 4.47 Å². The first kappa shape index (κ1) is 13.5. The maximum atomic E-state index is 9.78. The van der Waals surface area contributed by atoms with Gasteiger partial charge in [0.2, 0.25) is 0 Å². The summed E-state index contributed by atoms with van der Waals surface area (Å²) in [5, 5.41) is 10.7. The minimum absolute atomic E-state index is 0.187. The van der Waals surface area contributed by atoms with Crippen molar-refractivity contribution in [2.24, 2.45) is 0 Å². The van der Waals surface area contributed by atoms with Crippen molar-refractivity contribution in [2.75, 3.05) is 0 Å². The van der Waals surface area contributed by atoms with E-state index in [0.717, 1.165) is 15.6 Å². The van der Waals surface area contributed by atoms with E-state index < -0.39 is 0 Å². The topological polar surface area (TPSA) is 33.1 Å². The molecular weight excluding hydrogens is 334 g/mol. The van der Waals surface area contributed by atoms with Crippen molar-refractivity contribution < 1.29 is 5.11 Å². The van der Waals surface area contributed by atoms with E-state index in [1.807, 2.05) is 39.0 Å². The summed E-state index contributed by atoms with van der Waals surface area (Å²) in [6.45, 7) is 5.90. The summed E-state index contributed by atoms with van der Waals surface area (Å²) in [4.78, 5) is 4.29. The first-order valence-electron chi connectivity index (χ1n) is 5.04. The zero-order valence-electron chi connectivity index (χ0n) is 9.38. The second kappa shape index (κ2) is 5.64. The minimum atomic E-state index is 0.187. The predicted octanol–water partition coefficient (Wildman–Crippen LogP) is 4.80. The van der Waals surface area contributed by atoms with Gasteiger partial charge in [0.1, 0.15) is 5.52 Å². The summed E-state index contributed by atoms with van der Waals surface area (Å²) < 4.78 is 1.57. The van der Waals surface area contributed by atoms with Gasteiger partial charge in [-0.25, -0.2) is 4.98 Å². The Hall–Kier alpha value is -0.610. The van der Waals surface area contributed by atoms with Crippen LogP contribution in [0.4, 0.5) is 0 Å². The molecule has 0 aliphatic rings. The molecule has 16 heavy (non-hydrogen) atoms. The number of halogens is 2. The normalized spacial score (nSPS) is 9.81. The number of benzene rings is 1. The maximum absolute atomic E-state index is 9.78. The van der Waals surface area contributed by atoms with Gasteiger partial charge in [0.15, 0.2) is 5.75 Å². The molecule has 2 nitrogen and oxygen atoms in total. The molecular formula is C12H13Br2NO. The van der Waals surface area contributed by atoms with Crippen LogP contribution in [0.5, 0.6) is 5.75 Å². The van der Waals surface area contributed by atoms with Crippen LogP contribution in [0.3, 0.4) is 0 Å². The Morgan fingerprint density at radius 3 is 2.38 bits per heavy atom. The Bertz CT molecular complexity index is 512. The molecule has 2 rings (SSSR count). The maximum Gasteiger partial charge on any atom is 0.156 e. The Morgan fingerprint density at radius 2 is 1.75 bits per heavy atom. The number of fused-ring (bicyclic) bond motifs is 1. The molecule has 4 heteroatoms. The number of aromatic nitrogens is 1. The van der Waals surface area contributed by atoms with Crippen LogP contribution >= 0.6 is 31.9 Å². The van der Waals surface area contributed by atoms with Crippen molar-refractivity contribution in [2.45, 2.75) is 20.8 Å². The quantitative estimate of drug-likeness (QED) is 0.743. The second-order valence-electron chi connectivity index (χ2n) is 3.04. The van der Waals surface area contributed by atoms with E-state index in [0.29, 0.717) is 9.99 Å². The van der Waals surface area contributed by atoms with Gasteiger partial charge in [-0.05, 0) is 41.1 Å². The lowest BCUT2D eigenvalue weighted by atomic mass is 10.2. The van der Waals surface area contributed by atoms with Crippen LogP contribution in [0.15, 0.2) is 27.1 Å². The van der Waals surface area contributed by atoms with Crippen LogP contribution in [0, 0.1) is 6.92 Å². The van der Waals surface area contributed by atoms with Crippen LogP contribution < -0.4 is 0 Å². The van der Waals surface area contributed by atoms with Crippen molar-refractivity contribution in [1.29, 1.82) is 0 Å². The molecule has 1 aromatic heterocycles. The van der Waals surface area contributed by atoms with Gasteiger partial charge >= 0.3 is 0 Å². The van der Waals surface area contributed by atoms with Crippen molar-refractivity contribution in [3.05, 3.63) is 32.8 Å². The number of phenols is 1. The molecule has 0 aliphatic heterocycles. The number of aromatic hydroxyl groups is 1. The first-order chi connectivity index (χ1) is 7.59. The summed E-state index contributed by atoms with van der Waals surface area (Å²) >= 11 is 6.70. The number of rotatable bonds is 0. The van der Waals surface area contributed by atoms with Gasteiger partial charge < -0.3 is 5.11 Å². The first-order valence-corrected chi connectivity index (χ1v) is 6.62. The minimum Gasteiger partial charge on any atom is -0.505 e. The fraction of sp³-hybridized carbons (Fsp3) is 0.250. The smallest absolute Gasteiger partial charge is 0.156 e. The molecule has 0 atom stereocenters. The lowest BCUT2D eigenvalue weighted by Crippen LogP contribution is -1.85. The van der Waals surface area contributed by atoms with E-state index >= 15 is 0 Å². The number of aryl methyl sites for hydroxylation is 1. The van der Waals surface area contributed by atoms with E-state index in [1.54, 1.807) is 0 Å². The summed E-state index contributed by atoms with van der Waals surface area (Å²) in [5.41, 5.74) is 1.50. The zero-order valence-corrected chi connectivity index (χ0v) is 12.6. The fourth-order valence-electron chi connectivity index (χ4n) is 1.30. The third-order valence-electron chi connectivity index (χ3n) is 2.00. The number of nitrogens with zero attached hydrogens (tertiary/aromatic N) is 1. The highest BCUT2D eigenvalue weighted by atomic mass is 79.9. The molecule has 86 valence electrons. The van der Waals surface area contributed by atoms with Crippen LogP contribution in [-0.2, 0) is 0 Å². The fourth-order valence-corrected chi connectivity index (χ4v) is 2.57. The summed E-state index contributed by atoms with van der Waals surface area (Å²) in [7, 11) is 0. The highest BCUT2D eigenvalue weighted by Crippen LogP contribution is 2.36. The number of pyridine rings is 1. The molecule has 0 amide bonds. The van der Waals surface area contributed by atoms with E-state index in [1.165, 1.54) is 0 Å². The third kappa shape index (κ3) is 2.55. The molecule has 0 saturated carbocycles. The average Bonchev–Trinajstić information content (AvgIpc) is 2.28. The average molecular weight is 347 g/mol. The Labute approximate surface area is 112 Å². The van der Waals surface area contributed by atoms with Crippen LogP contribution in [0.2, 0.25) is 0 Å². The van der Waals surface area contributed by atoms with Gasteiger partial charge in [-0.2, -0.15) is 0 Å². The molecule has 0 unspecified atom stereocenters. The zero-order chi connectivity index (χ0) is 12.3. The predicted molar refractivity (Wildman–Crippen MR) is 74.9 cm³/mol. The highest BCUT2D eigenvalue weighted by molar-refractivity contribution is 9.11. The molecule has 1 N–H and O–H groups in total. The highest BCUT2D eigenvalue weighted by Gasteiger charge is 2.09. The van der Waals surface area contributed by atoms with Crippen LogP contribution in [0.1, 0.15) is 19.5 Å². The van der Waals surface area contributed by atoms with Gasteiger partial charge in [0.25, 0.3) is 0 Å². The number of hydrogen-bond donors (Lipinski definition) is 1. The third-order valence-corrected chi connectivity index (χ3v) is 3.26. The number of hydrogen-bond acceptors (Lipinski definition) is 2. The molecule has 0 saturated heterocycles. The lowest BCUT2D eigenvalue weighted by Gasteiger charge is -2.05. The largest absolute Gasteiger partial charge is 0.505 e. The monoisotopic (exact) mass is 345 g/mol. The Balaban J connectivity index is 0.000000606.